The smallest absolute Gasteiger partial charge is 0.315 e. The lowest BCUT2D eigenvalue weighted by Gasteiger charge is -2.23. The van der Waals surface area contributed by atoms with Gasteiger partial charge in [0.1, 0.15) is 5.82 Å². The summed E-state index contributed by atoms with van der Waals surface area (Å²) in [5, 5.41) is 14.7. The van der Waals surface area contributed by atoms with Crippen molar-refractivity contribution in [1.29, 1.82) is 0 Å². The predicted molar refractivity (Wildman–Crippen MR) is 90.6 cm³/mol. The quantitative estimate of drug-likeness (QED) is 0.884. The Morgan fingerprint density at radius 3 is 3.17 bits per heavy atom. The Morgan fingerprint density at radius 2 is 2.43 bits per heavy atom. The van der Waals surface area contributed by atoms with E-state index in [9.17, 15) is 4.79 Å². The number of urea groups is 1. The van der Waals surface area contributed by atoms with Crippen LogP contribution in [0.2, 0.25) is 0 Å². The Balaban J connectivity index is 1.55. The molecular formula is C16H23N5OS. The molecule has 0 saturated heterocycles. The molecule has 0 fully saturated rings. The van der Waals surface area contributed by atoms with Crippen molar-refractivity contribution in [2.45, 2.75) is 51.6 Å². The maximum atomic E-state index is 12.2. The maximum absolute atomic E-state index is 12.2. The summed E-state index contributed by atoms with van der Waals surface area (Å²) in [6.45, 7) is 5.68. The van der Waals surface area contributed by atoms with Crippen molar-refractivity contribution in [2.24, 2.45) is 0 Å². The molecule has 3 heterocycles. The number of nitrogens with zero attached hydrogens (tertiary/aromatic N) is 3. The van der Waals surface area contributed by atoms with E-state index < -0.39 is 0 Å². The fourth-order valence-electron chi connectivity index (χ4n) is 2.81. The lowest BCUT2D eigenvalue weighted by molar-refractivity contribution is 0.232. The molecule has 2 amide bonds. The third kappa shape index (κ3) is 3.72. The summed E-state index contributed by atoms with van der Waals surface area (Å²) in [5.41, 5.74) is 1.26. The number of fused-ring (bicyclic) bond motifs is 1. The van der Waals surface area contributed by atoms with Crippen LogP contribution < -0.4 is 10.6 Å². The second kappa shape index (κ2) is 7.12. The van der Waals surface area contributed by atoms with Crippen molar-refractivity contribution in [2.75, 3.05) is 6.54 Å². The minimum Gasteiger partial charge on any atom is -0.338 e. The third-order valence-electron chi connectivity index (χ3n) is 4.22. The highest BCUT2D eigenvalue weighted by atomic mass is 32.1. The molecule has 0 saturated carbocycles. The van der Waals surface area contributed by atoms with Gasteiger partial charge >= 0.3 is 6.03 Å². The molecule has 0 aromatic carbocycles. The monoisotopic (exact) mass is 333 g/mol. The highest BCUT2D eigenvalue weighted by Gasteiger charge is 2.25. The summed E-state index contributed by atoms with van der Waals surface area (Å²) in [7, 11) is 0. The molecule has 0 bridgehead atoms. The molecule has 2 atom stereocenters. The first-order chi connectivity index (χ1) is 11.2. The van der Waals surface area contributed by atoms with Gasteiger partial charge in [-0.3, -0.25) is 0 Å². The van der Waals surface area contributed by atoms with Crippen molar-refractivity contribution < 1.29 is 4.79 Å². The van der Waals surface area contributed by atoms with Gasteiger partial charge in [0.2, 0.25) is 0 Å². The number of rotatable bonds is 5. The zero-order valence-corrected chi connectivity index (χ0v) is 14.4. The first kappa shape index (κ1) is 16.0. The van der Waals surface area contributed by atoms with Crippen LogP contribution in [0.5, 0.6) is 0 Å². The van der Waals surface area contributed by atoms with Crippen molar-refractivity contribution >= 4 is 17.4 Å². The molecule has 1 aliphatic heterocycles. The molecule has 7 heteroatoms. The first-order valence-corrected chi connectivity index (χ1v) is 9.11. The van der Waals surface area contributed by atoms with E-state index in [2.05, 4.69) is 44.5 Å². The number of hydrogen-bond acceptors (Lipinski definition) is 4. The average molecular weight is 333 g/mol. The van der Waals surface area contributed by atoms with Crippen LogP contribution in [0.3, 0.4) is 0 Å². The number of amides is 2. The molecule has 124 valence electrons. The molecule has 6 nitrogen and oxygen atoms in total. The third-order valence-corrected chi connectivity index (χ3v) is 4.92. The Morgan fingerprint density at radius 1 is 1.57 bits per heavy atom. The van der Waals surface area contributed by atoms with Gasteiger partial charge < -0.3 is 10.6 Å². The van der Waals surface area contributed by atoms with Crippen LogP contribution >= 0.6 is 11.3 Å². The molecule has 2 aromatic heterocycles. The largest absolute Gasteiger partial charge is 0.338 e. The van der Waals surface area contributed by atoms with E-state index in [4.69, 9.17) is 0 Å². The van der Waals surface area contributed by atoms with Crippen molar-refractivity contribution in [3.05, 3.63) is 34.0 Å². The lowest BCUT2D eigenvalue weighted by Crippen LogP contribution is -2.41. The number of hydrogen-bond donors (Lipinski definition) is 2. The van der Waals surface area contributed by atoms with E-state index in [-0.39, 0.29) is 12.1 Å². The van der Waals surface area contributed by atoms with Gasteiger partial charge in [0.15, 0.2) is 5.82 Å². The molecule has 0 radical (unpaired) electrons. The summed E-state index contributed by atoms with van der Waals surface area (Å²) < 4.78 is 1.93. The number of aryl methyl sites for hydroxylation is 2. The Labute approximate surface area is 140 Å². The standard InChI is InChI=1S/C16H23N5OS/c1-3-14-19-15-13(5-4-7-21(15)20-14)18-16(22)17-9-11(2)12-6-8-23-10-12/h6,8,10-11,13H,3-5,7,9H2,1-2H3,(H2,17,18,22). The number of aromatic nitrogens is 3. The lowest BCUT2D eigenvalue weighted by atomic mass is 10.1. The van der Waals surface area contributed by atoms with Gasteiger partial charge in [0.05, 0.1) is 6.04 Å². The minimum absolute atomic E-state index is 0.0481. The molecule has 2 aromatic rings. The molecule has 3 rings (SSSR count). The Hall–Kier alpha value is -1.89. The average Bonchev–Trinajstić information content (AvgIpc) is 3.22. The summed E-state index contributed by atoms with van der Waals surface area (Å²) in [4.78, 5) is 16.7. The van der Waals surface area contributed by atoms with Gasteiger partial charge in [-0.15, -0.1) is 0 Å². The van der Waals surface area contributed by atoms with Crippen molar-refractivity contribution in [1.82, 2.24) is 25.4 Å². The van der Waals surface area contributed by atoms with E-state index in [1.165, 1.54) is 5.56 Å². The van der Waals surface area contributed by atoms with Crippen LogP contribution in [0.4, 0.5) is 4.79 Å². The molecular weight excluding hydrogens is 310 g/mol. The number of carbonyl (C=O) groups is 1. The van der Waals surface area contributed by atoms with Crippen LogP contribution in [0.1, 0.15) is 55.9 Å². The SMILES string of the molecule is CCc1nc2n(n1)CCCC2NC(=O)NCC(C)c1ccsc1. The van der Waals surface area contributed by atoms with Gasteiger partial charge in [-0.25, -0.2) is 14.5 Å². The highest BCUT2D eigenvalue weighted by molar-refractivity contribution is 7.07. The normalized spacial score (nSPS) is 18.3. The number of carbonyl (C=O) groups excluding carboxylic acids is 1. The molecule has 1 aliphatic rings. The van der Waals surface area contributed by atoms with Crippen molar-refractivity contribution in [3.8, 4) is 0 Å². The molecule has 2 N–H and O–H groups in total. The second-order valence-corrected chi connectivity index (χ2v) is 6.75. The fraction of sp³-hybridized carbons (Fsp3) is 0.562. The number of thiophene rings is 1. The summed E-state index contributed by atoms with van der Waals surface area (Å²) >= 11 is 1.68. The molecule has 0 spiro atoms. The van der Waals surface area contributed by atoms with Gasteiger partial charge in [-0.1, -0.05) is 13.8 Å². The predicted octanol–water partition coefficient (Wildman–Crippen LogP) is 2.84. The minimum atomic E-state index is -0.133. The summed E-state index contributed by atoms with van der Waals surface area (Å²) in [6.07, 6.45) is 2.74. The topological polar surface area (TPSA) is 71.8 Å². The van der Waals surface area contributed by atoms with Crippen LogP contribution in [0.25, 0.3) is 0 Å². The first-order valence-electron chi connectivity index (χ1n) is 8.17. The van der Waals surface area contributed by atoms with E-state index in [0.29, 0.717) is 12.5 Å². The van der Waals surface area contributed by atoms with E-state index in [1.54, 1.807) is 11.3 Å². The Bertz CT molecular complexity index is 651. The van der Waals surface area contributed by atoms with Crippen LogP contribution in [-0.2, 0) is 13.0 Å². The maximum Gasteiger partial charge on any atom is 0.315 e. The number of nitrogens with one attached hydrogen (secondary N) is 2. The van der Waals surface area contributed by atoms with Crippen molar-refractivity contribution in [3.63, 3.8) is 0 Å². The zero-order valence-electron chi connectivity index (χ0n) is 13.6. The van der Waals surface area contributed by atoms with E-state index in [1.807, 2.05) is 11.6 Å². The van der Waals surface area contributed by atoms with E-state index >= 15 is 0 Å². The van der Waals surface area contributed by atoms with Crippen LogP contribution in [0, 0.1) is 0 Å². The zero-order chi connectivity index (χ0) is 16.2. The second-order valence-electron chi connectivity index (χ2n) is 5.97. The summed E-state index contributed by atoms with van der Waals surface area (Å²) in [6, 6.07) is 1.92. The van der Waals surface area contributed by atoms with E-state index in [0.717, 1.165) is 37.5 Å². The van der Waals surface area contributed by atoms with Crippen LogP contribution in [-0.4, -0.2) is 27.3 Å². The molecule has 23 heavy (non-hydrogen) atoms. The van der Waals surface area contributed by atoms with Gasteiger partial charge in [-0.2, -0.15) is 16.4 Å². The molecule has 2 unspecified atom stereocenters. The van der Waals surface area contributed by atoms with Gasteiger partial charge in [-0.05, 0) is 41.1 Å². The van der Waals surface area contributed by atoms with Crippen LogP contribution in [0.15, 0.2) is 16.8 Å². The molecule has 0 aliphatic carbocycles. The Kier molecular flexibility index (Phi) is 4.95. The highest BCUT2D eigenvalue weighted by Crippen LogP contribution is 2.23. The summed E-state index contributed by atoms with van der Waals surface area (Å²) in [5.74, 6) is 2.04. The fourth-order valence-corrected chi connectivity index (χ4v) is 3.60. The van der Waals surface area contributed by atoms with Gasteiger partial charge in [0.25, 0.3) is 0 Å². The van der Waals surface area contributed by atoms with Gasteiger partial charge in [0, 0.05) is 19.5 Å².